The SMILES string of the molecule is O=C(O)[C@H](CO)N(c1ccccc1)c1cccc2c1Cc1ccccc1-2. The second-order valence-corrected chi connectivity index (χ2v) is 6.38. The Labute approximate surface area is 152 Å². The van der Waals surface area contributed by atoms with Crippen molar-refractivity contribution in [2.75, 3.05) is 11.5 Å². The molecule has 1 aliphatic rings. The fourth-order valence-electron chi connectivity index (χ4n) is 3.71. The Balaban J connectivity index is 1.90. The van der Waals surface area contributed by atoms with Crippen LogP contribution in [0, 0.1) is 0 Å². The van der Waals surface area contributed by atoms with Gasteiger partial charge < -0.3 is 15.1 Å². The third-order valence-corrected chi connectivity index (χ3v) is 4.89. The first-order valence-electron chi connectivity index (χ1n) is 8.59. The Morgan fingerprint density at radius 2 is 1.62 bits per heavy atom. The number of benzene rings is 3. The van der Waals surface area contributed by atoms with Crippen molar-refractivity contribution in [2.24, 2.45) is 0 Å². The van der Waals surface area contributed by atoms with Gasteiger partial charge in [0, 0.05) is 17.8 Å². The number of nitrogens with zero attached hydrogens (tertiary/aromatic N) is 1. The molecule has 130 valence electrons. The van der Waals surface area contributed by atoms with Crippen LogP contribution in [-0.4, -0.2) is 28.8 Å². The minimum absolute atomic E-state index is 0.471. The quantitative estimate of drug-likeness (QED) is 0.577. The van der Waals surface area contributed by atoms with Gasteiger partial charge in [0.1, 0.15) is 0 Å². The van der Waals surface area contributed by atoms with Crippen molar-refractivity contribution in [3.63, 3.8) is 0 Å². The summed E-state index contributed by atoms with van der Waals surface area (Å²) in [4.78, 5) is 13.6. The molecule has 26 heavy (non-hydrogen) atoms. The molecular weight excluding hydrogens is 326 g/mol. The highest BCUT2D eigenvalue weighted by atomic mass is 16.4. The van der Waals surface area contributed by atoms with Crippen molar-refractivity contribution in [2.45, 2.75) is 12.5 Å². The number of aliphatic hydroxyl groups excluding tert-OH is 1. The monoisotopic (exact) mass is 345 g/mol. The van der Waals surface area contributed by atoms with Gasteiger partial charge in [-0.05, 0) is 40.5 Å². The number of aliphatic hydroxyl groups is 1. The highest BCUT2D eigenvalue weighted by Gasteiger charge is 2.31. The molecule has 1 aliphatic carbocycles. The van der Waals surface area contributed by atoms with Crippen LogP contribution in [0.4, 0.5) is 11.4 Å². The molecule has 0 saturated heterocycles. The van der Waals surface area contributed by atoms with Gasteiger partial charge >= 0.3 is 5.97 Å². The second-order valence-electron chi connectivity index (χ2n) is 6.38. The first-order valence-corrected chi connectivity index (χ1v) is 8.59. The van der Waals surface area contributed by atoms with Crippen LogP contribution >= 0.6 is 0 Å². The maximum Gasteiger partial charge on any atom is 0.329 e. The van der Waals surface area contributed by atoms with Crippen LogP contribution in [0.5, 0.6) is 0 Å². The van der Waals surface area contributed by atoms with E-state index in [1.165, 1.54) is 11.1 Å². The average Bonchev–Trinajstić information content (AvgIpc) is 3.05. The second kappa shape index (κ2) is 6.65. The molecular formula is C22H19NO3. The van der Waals surface area contributed by atoms with E-state index in [-0.39, 0.29) is 0 Å². The number of carboxylic acid groups (broad SMARTS) is 1. The molecule has 4 heteroatoms. The standard InChI is InChI=1S/C22H19NO3/c24-14-21(22(25)26)23(16-8-2-1-3-9-16)20-12-6-11-18-17-10-5-4-7-15(17)13-19(18)20/h1-12,21,24H,13-14H2,(H,25,26)/t21-/m0/s1. The van der Waals surface area contributed by atoms with Crippen molar-refractivity contribution in [1.82, 2.24) is 0 Å². The van der Waals surface area contributed by atoms with Crippen molar-refractivity contribution in [3.8, 4) is 11.1 Å². The van der Waals surface area contributed by atoms with Gasteiger partial charge in [-0.15, -0.1) is 0 Å². The van der Waals surface area contributed by atoms with E-state index < -0.39 is 18.6 Å². The van der Waals surface area contributed by atoms with Crippen LogP contribution in [-0.2, 0) is 11.2 Å². The Hall–Kier alpha value is -3.11. The van der Waals surface area contributed by atoms with E-state index in [0.717, 1.165) is 28.9 Å². The zero-order valence-electron chi connectivity index (χ0n) is 14.2. The highest BCUT2D eigenvalue weighted by molar-refractivity contribution is 5.88. The molecule has 3 aromatic rings. The Morgan fingerprint density at radius 1 is 0.923 bits per heavy atom. The summed E-state index contributed by atoms with van der Waals surface area (Å²) in [6.45, 7) is -0.471. The molecule has 0 amide bonds. The molecule has 3 aromatic carbocycles. The minimum Gasteiger partial charge on any atom is -0.480 e. The van der Waals surface area contributed by atoms with Crippen molar-refractivity contribution < 1.29 is 15.0 Å². The third kappa shape index (κ3) is 2.65. The summed E-state index contributed by atoms with van der Waals surface area (Å²) in [7, 11) is 0. The smallest absolute Gasteiger partial charge is 0.329 e. The number of para-hydroxylation sites is 1. The number of anilines is 2. The van der Waals surface area contributed by atoms with Gasteiger partial charge in [-0.3, -0.25) is 0 Å². The third-order valence-electron chi connectivity index (χ3n) is 4.89. The molecule has 0 saturated carbocycles. The topological polar surface area (TPSA) is 60.8 Å². The number of aliphatic carboxylic acids is 1. The number of carboxylic acids is 1. The molecule has 0 heterocycles. The lowest BCUT2D eigenvalue weighted by Crippen LogP contribution is -2.41. The summed E-state index contributed by atoms with van der Waals surface area (Å²) in [6.07, 6.45) is 0.753. The van der Waals surface area contributed by atoms with E-state index in [9.17, 15) is 15.0 Å². The summed E-state index contributed by atoms with van der Waals surface area (Å²) in [6, 6.07) is 22.5. The van der Waals surface area contributed by atoms with Crippen LogP contribution in [0.3, 0.4) is 0 Å². The van der Waals surface area contributed by atoms with Gasteiger partial charge in [0.2, 0.25) is 0 Å². The normalized spacial score (nSPS) is 13.0. The molecule has 0 aromatic heterocycles. The van der Waals surface area contributed by atoms with Crippen molar-refractivity contribution >= 4 is 17.3 Å². The summed E-state index contributed by atoms with van der Waals surface area (Å²) < 4.78 is 0. The number of carbonyl (C=O) groups is 1. The summed E-state index contributed by atoms with van der Waals surface area (Å²) in [5, 5.41) is 19.5. The van der Waals surface area contributed by atoms with E-state index in [1.807, 2.05) is 54.6 Å². The molecule has 0 radical (unpaired) electrons. The van der Waals surface area contributed by atoms with E-state index >= 15 is 0 Å². The number of hydrogen-bond acceptors (Lipinski definition) is 3. The Kier molecular flexibility index (Phi) is 4.19. The van der Waals surface area contributed by atoms with Gasteiger partial charge in [0.25, 0.3) is 0 Å². The predicted molar refractivity (Wildman–Crippen MR) is 102 cm³/mol. The molecule has 0 fully saturated rings. The number of fused-ring (bicyclic) bond motifs is 3. The average molecular weight is 345 g/mol. The highest BCUT2D eigenvalue weighted by Crippen LogP contribution is 2.43. The Bertz CT molecular complexity index is 953. The molecule has 0 aliphatic heterocycles. The summed E-state index contributed by atoms with van der Waals surface area (Å²) in [5.74, 6) is -1.05. The van der Waals surface area contributed by atoms with Crippen molar-refractivity contribution in [1.29, 1.82) is 0 Å². The van der Waals surface area contributed by atoms with Gasteiger partial charge in [-0.1, -0.05) is 54.6 Å². The molecule has 1 atom stereocenters. The first-order chi connectivity index (χ1) is 12.7. The summed E-state index contributed by atoms with van der Waals surface area (Å²) >= 11 is 0. The van der Waals surface area contributed by atoms with E-state index in [2.05, 4.69) is 18.2 Å². The number of rotatable bonds is 5. The van der Waals surface area contributed by atoms with Crippen LogP contribution in [0.1, 0.15) is 11.1 Å². The van der Waals surface area contributed by atoms with Crippen LogP contribution in [0.15, 0.2) is 72.8 Å². The lowest BCUT2D eigenvalue weighted by Gasteiger charge is -2.31. The lowest BCUT2D eigenvalue weighted by molar-refractivity contribution is -0.139. The first kappa shape index (κ1) is 16.4. The van der Waals surface area contributed by atoms with Gasteiger partial charge in [-0.25, -0.2) is 4.79 Å². The molecule has 0 unspecified atom stereocenters. The van der Waals surface area contributed by atoms with E-state index in [1.54, 1.807) is 4.90 Å². The van der Waals surface area contributed by atoms with Gasteiger partial charge in [-0.2, -0.15) is 0 Å². The molecule has 4 rings (SSSR count). The maximum absolute atomic E-state index is 11.8. The minimum atomic E-state index is -1.05. The lowest BCUT2D eigenvalue weighted by atomic mass is 10.0. The van der Waals surface area contributed by atoms with Crippen LogP contribution in [0.25, 0.3) is 11.1 Å². The number of hydrogen-bond donors (Lipinski definition) is 2. The molecule has 0 bridgehead atoms. The van der Waals surface area contributed by atoms with E-state index in [4.69, 9.17) is 0 Å². The molecule has 4 nitrogen and oxygen atoms in total. The summed E-state index contributed by atoms with van der Waals surface area (Å²) in [5.41, 5.74) is 6.22. The zero-order valence-corrected chi connectivity index (χ0v) is 14.2. The largest absolute Gasteiger partial charge is 0.480 e. The van der Waals surface area contributed by atoms with E-state index in [0.29, 0.717) is 0 Å². The van der Waals surface area contributed by atoms with Gasteiger partial charge in [0.15, 0.2) is 6.04 Å². The van der Waals surface area contributed by atoms with Crippen molar-refractivity contribution in [3.05, 3.63) is 83.9 Å². The maximum atomic E-state index is 11.8. The zero-order chi connectivity index (χ0) is 18.1. The van der Waals surface area contributed by atoms with Crippen LogP contribution in [0.2, 0.25) is 0 Å². The predicted octanol–water partition coefficient (Wildman–Crippen LogP) is 3.84. The fraction of sp³-hybridized carbons (Fsp3) is 0.136. The van der Waals surface area contributed by atoms with Gasteiger partial charge in [0.05, 0.1) is 6.61 Å². The molecule has 0 spiro atoms. The molecule has 2 N–H and O–H groups in total. The van der Waals surface area contributed by atoms with Crippen LogP contribution < -0.4 is 4.90 Å². The fourth-order valence-corrected chi connectivity index (χ4v) is 3.71. The Morgan fingerprint density at radius 3 is 2.35 bits per heavy atom.